The Morgan fingerprint density at radius 2 is 1.94 bits per heavy atom. The molecule has 0 spiro atoms. The summed E-state index contributed by atoms with van der Waals surface area (Å²) in [4.78, 5) is 21.5. The Morgan fingerprint density at radius 3 is 2.62 bits per heavy atom. The molecule has 0 radical (unpaired) electrons. The van der Waals surface area contributed by atoms with E-state index in [0.717, 1.165) is 16.6 Å². The van der Waals surface area contributed by atoms with Crippen LogP contribution in [0, 0.1) is 6.92 Å². The summed E-state index contributed by atoms with van der Waals surface area (Å²) in [6.07, 6.45) is 5.35. The standard InChI is InChI=1S/C25H29N5O4/c1-15-10-16(6-8-26-15)23-28-21(14-34-23)22(31)27-20-11-17-13-30(9-7-24(2,3)32)29-19(17)12-18(20)25(4,5)33/h6,8,10-14,32-33H,7,9H2,1-5H3,(H,27,31). The molecule has 178 valence electrons. The van der Waals surface area contributed by atoms with Crippen molar-refractivity contribution in [3.05, 3.63) is 59.9 Å². The maximum Gasteiger partial charge on any atom is 0.277 e. The minimum Gasteiger partial charge on any atom is -0.444 e. The van der Waals surface area contributed by atoms with Gasteiger partial charge in [0.05, 0.1) is 16.7 Å². The molecule has 3 aromatic heterocycles. The molecular weight excluding hydrogens is 434 g/mol. The van der Waals surface area contributed by atoms with E-state index in [1.807, 2.05) is 19.2 Å². The van der Waals surface area contributed by atoms with Crippen LogP contribution in [0.3, 0.4) is 0 Å². The SMILES string of the molecule is Cc1cc(-c2nc(C(=O)Nc3cc4cn(CCC(C)(C)O)nc4cc3C(C)(C)O)co2)ccn1. The molecule has 4 rings (SSSR count). The molecule has 0 aliphatic rings. The summed E-state index contributed by atoms with van der Waals surface area (Å²) in [6.45, 7) is 9.20. The maximum absolute atomic E-state index is 13.0. The van der Waals surface area contributed by atoms with Crippen LogP contribution in [0.5, 0.6) is 0 Å². The Morgan fingerprint density at radius 1 is 1.18 bits per heavy atom. The number of fused-ring (bicyclic) bond motifs is 1. The summed E-state index contributed by atoms with van der Waals surface area (Å²) in [5.41, 5.74) is 1.29. The van der Waals surface area contributed by atoms with Gasteiger partial charge in [0, 0.05) is 46.8 Å². The second kappa shape index (κ2) is 8.66. The molecule has 1 amide bonds. The summed E-state index contributed by atoms with van der Waals surface area (Å²) < 4.78 is 7.26. The molecule has 34 heavy (non-hydrogen) atoms. The number of hydrogen-bond acceptors (Lipinski definition) is 7. The monoisotopic (exact) mass is 463 g/mol. The lowest BCUT2D eigenvalue weighted by molar-refractivity contribution is 0.0651. The summed E-state index contributed by atoms with van der Waals surface area (Å²) in [5.74, 6) is -0.137. The van der Waals surface area contributed by atoms with Gasteiger partial charge in [-0.05, 0) is 65.3 Å². The summed E-state index contributed by atoms with van der Waals surface area (Å²) in [6, 6.07) is 7.13. The van der Waals surface area contributed by atoms with Gasteiger partial charge in [0.1, 0.15) is 6.26 Å². The summed E-state index contributed by atoms with van der Waals surface area (Å²) in [5, 5.41) is 29.0. The third-order valence-corrected chi connectivity index (χ3v) is 5.43. The van der Waals surface area contributed by atoms with Crippen LogP contribution in [0.25, 0.3) is 22.4 Å². The van der Waals surface area contributed by atoms with Gasteiger partial charge in [-0.1, -0.05) is 0 Å². The van der Waals surface area contributed by atoms with E-state index >= 15 is 0 Å². The van der Waals surface area contributed by atoms with Crippen molar-refractivity contribution in [3.8, 4) is 11.5 Å². The molecule has 9 heteroatoms. The molecule has 0 bridgehead atoms. The first-order valence-corrected chi connectivity index (χ1v) is 11.1. The van der Waals surface area contributed by atoms with Gasteiger partial charge in [0.25, 0.3) is 5.91 Å². The zero-order chi connectivity index (χ0) is 24.7. The molecule has 0 aliphatic carbocycles. The van der Waals surface area contributed by atoms with Crippen LogP contribution >= 0.6 is 0 Å². The van der Waals surface area contributed by atoms with E-state index in [4.69, 9.17) is 4.42 Å². The van der Waals surface area contributed by atoms with Gasteiger partial charge in [-0.25, -0.2) is 4.98 Å². The van der Waals surface area contributed by atoms with Gasteiger partial charge >= 0.3 is 0 Å². The molecule has 9 nitrogen and oxygen atoms in total. The first kappa shape index (κ1) is 23.6. The highest BCUT2D eigenvalue weighted by molar-refractivity contribution is 6.04. The minimum atomic E-state index is -1.22. The average molecular weight is 464 g/mol. The highest BCUT2D eigenvalue weighted by atomic mass is 16.3. The smallest absolute Gasteiger partial charge is 0.277 e. The zero-order valence-corrected chi connectivity index (χ0v) is 20.0. The fourth-order valence-corrected chi connectivity index (χ4v) is 3.61. The van der Waals surface area contributed by atoms with Crippen molar-refractivity contribution in [3.63, 3.8) is 0 Å². The number of nitrogens with zero attached hydrogens (tertiary/aromatic N) is 4. The Kier molecular flexibility index (Phi) is 6.01. The number of aromatic nitrogens is 4. The van der Waals surface area contributed by atoms with E-state index in [-0.39, 0.29) is 5.69 Å². The molecule has 0 saturated heterocycles. The van der Waals surface area contributed by atoms with E-state index in [0.29, 0.717) is 35.6 Å². The molecule has 0 fully saturated rings. The predicted octanol–water partition coefficient (Wildman–Crippen LogP) is 4.04. The molecular formula is C25H29N5O4. The lowest BCUT2D eigenvalue weighted by Crippen LogP contribution is -2.21. The fourth-order valence-electron chi connectivity index (χ4n) is 3.61. The number of oxazole rings is 1. The molecule has 3 heterocycles. The van der Waals surface area contributed by atoms with Crippen molar-refractivity contribution in [1.29, 1.82) is 0 Å². The fraction of sp³-hybridized carbons (Fsp3) is 0.360. The second-order valence-electron chi connectivity index (χ2n) is 9.65. The largest absolute Gasteiger partial charge is 0.444 e. The number of benzene rings is 1. The van der Waals surface area contributed by atoms with E-state index in [1.54, 1.807) is 56.8 Å². The molecule has 3 N–H and O–H groups in total. The van der Waals surface area contributed by atoms with Crippen LogP contribution in [0.4, 0.5) is 5.69 Å². The van der Waals surface area contributed by atoms with Crippen LogP contribution in [-0.2, 0) is 12.1 Å². The Hall–Kier alpha value is -3.56. The van der Waals surface area contributed by atoms with Crippen LogP contribution in [0.2, 0.25) is 0 Å². The third-order valence-electron chi connectivity index (χ3n) is 5.43. The molecule has 0 aliphatic heterocycles. The number of rotatable bonds is 7. The first-order valence-electron chi connectivity index (χ1n) is 11.1. The molecule has 0 atom stereocenters. The Balaban J connectivity index is 1.63. The number of amides is 1. The van der Waals surface area contributed by atoms with Gasteiger partial charge in [-0.3, -0.25) is 14.5 Å². The van der Waals surface area contributed by atoms with Crippen molar-refractivity contribution in [2.75, 3.05) is 5.32 Å². The predicted molar refractivity (Wildman–Crippen MR) is 128 cm³/mol. The van der Waals surface area contributed by atoms with Gasteiger partial charge < -0.3 is 19.9 Å². The van der Waals surface area contributed by atoms with Gasteiger partial charge in [-0.2, -0.15) is 5.10 Å². The Bertz CT molecular complexity index is 1340. The summed E-state index contributed by atoms with van der Waals surface area (Å²) in [7, 11) is 0. The zero-order valence-electron chi connectivity index (χ0n) is 20.0. The van der Waals surface area contributed by atoms with Crippen LogP contribution < -0.4 is 5.32 Å². The normalized spacial score (nSPS) is 12.3. The number of nitrogens with one attached hydrogen (secondary N) is 1. The average Bonchev–Trinajstić information content (AvgIpc) is 3.37. The van der Waals surface area contributed by atoms with Crippen LogP contribution in [-0.4, -0.2) is 41.5 Å². The van der Waals surface area contributed by atoms with Crippen molar-refractivity contribution in [2.45, 2.75) is 58.8 Å². The van der Waals surface area contributed by atoms with Crippen LogP contribution in [0.1, 0.15) is 55.9 Å². The van der Waals surface area contributed by atoms with Crippen LogP contribution in [0.15, 0.2) is 47.3 Å². The van der Waals surface area contributed by atoms with E-state index in [2.05, 4.69) is 20.4 Å². The van der Waals surface area contributed by atoms with Gasteiger partial charge in [-0.15, -0.1) is 0 Å². The lowest BCUT2D eigenvalue weighted by atomic mass is 9.95. The topological polar surface area (TPSA) is 126 Å². The number of carbonyl (C=O) groups excluding carboxylic acids is 1. The van der Waals surface area contributed by atoms with Crippen molar-refractivity contribution >= 4 is 22.5 Å². The lowest BCUT2D eigenvalue weighted by Gasteiger charge is -2.21. The van der Waals surface area contributed by atoms with Crippen molar-refractivity contribution in [1.82, 2.24) is 19.7 Å². The number of pyridine rings is 1. The number of anilines is 1. The van der Waals surface area contributed by atoms with Gasteiger partial charge in [0.15, 0.2) is 5.69 Å². The molecule has 0 saturated carbocycles. The summed E-state index contributed by atoms with van der Waals surface area (Å²) >= 11 is 0. The number of aryl methyl sites for hydroxylation is 2. The van der Waals surface area contributed by atoms with Crippen molar-refractivity contribution in [2.24, 2.45) is 0 Å². The number of hydrogen-bond donors (Lipinski definition) is 3. The minimum absolute atomic E-state index is 0.118. The van der Waals surface area contributed by atoms with E-state index in [1.165, 1.54) is 6.26 Å². The number of aliphatic hydroxyl groups is 2. The number of carbonyl (C=O) groups is 1. The van der Waals surface area contributed by atoms with Gasteiger partial charge in [0.2, 0.25) is 5.89 Å². The third kappa shape index (κ3) is 5.32. The quantitative estimate of drug-likeness (QED) is 0.378. The van der Waals surface area contributed by atoms with Crippen molar-refractivity contribution < 1.29 is 19.4 Å². The highest BCUT2D eigenvalue weighted by Crippen LogP contribution is 2.32. The van der Waals surface area contributed by atoms with E-state index in [9.17, 15) is 15.0 Å². The Labute approximate surface area is 197 Å². The second-order valence-corrected chi connectivity index (χ2v) is 9.65. The first-order chi connectivity index (χ1) is 15.9. The molecule has 4 aromatic rings. The molecule has 0 unspecified atom stereocenters. The highest BCUT2D eigenvalue weighted by Gasteiger charge is 2.24. The van der Waals surface area contributed by atoms with E-state index < -0.39 is 17.1 Å². The maximum atomic E-state index is 13.0. The molecule has 1 aromatic carbocycles.